The predicted molar refractivity (Wildman–Crippen MR) is 91.2 cm³/mol. The molecule has 154 valence electrons. The normalized spacial score (nSPS) is 22.0. The van der Waals surface area contributed by atoms with Gasteiger partial charge >= 0.3 is 15.6 Å². The summed E-state index contributed by atoms with van der Waals surface area (Å²) in [5.41, 5.74) is -4.89. The van der Waals surface area contributed by atoms with Crippen LogP contribution in [-0.2, 0) is 24.9 Å². The molecule has 0 radical (unpaired) electrons. The first-order chi connectivity index (χ1) is 12.3. The van der Waals surface area contributed by atoms with E-state index in [1.807, 2.05) is 0 Å². The lowest BCUT2D eigenvalue weighted by molar-refractivity contribution is -0.0500. The molecule has 1 aromatic rings. The number of hydrogen-bond donors (Lipinski definition) is 1. The van der Waals surface area contributed by atoms with Gasteiger partial charge < -0.3 is 8.92 Å². The molecule has 1 heterocycles. The van der Waals surface area contributed by atoms with Crippen LogP contribution < -0.4 is 8.91 Å². The Kier molecular flexibility index (Phi) is 6.44. The van der Waals surface area contributed by atoms with E-state index in [2.05, 4.69) is 8.91 Å². The fourth-order valence-corrected chi connectivity index (χ4v) is 3.93. The van der Waals surface area contributed by atoms with Gasteiger partial charge in [-0.25, -0.2) is 13.1 Å². The van der Waals surface area contributed by atoms with Gasteiger partial charge in [0.1, 0.15) is 5.75 Å². The van der Waals surface area contributed by atoms with Crippen molar-refractivity contribution in [3.05, 3.63) is 29.8 Å². The first-order valence-corrected chi connectivity index (χ1v) is 11.0. The van der Waals surface area contributed by atoms with E-state index in [9.17, 15) is 30.0 Å². The van der Waals surface area contributed by atoms with Gasteiger partial charge in [0.2, 0.25) is 10.0 Å². The van der Waals surface area contributed by atoms with Crippen LogP contribution in [0.15, 0.2) is 24.3 Å². The lowest BCUT2D eigenvalue weighted by Gasteiger charge is -2.32. The van der Waals surface area contributed by atoms with E-state index < -0.39 is 42.7 Å². The van der Waals surface area contributed by atoms with E-state index in [-0.39, 0.29) is 12.5 Å². The molecule has 0 unspecified atom stereocenters. The predicted octanol–water partition coefficient (Wildman–Crippen LogP) is 2.12. The van der Waals surface area contributed by atoms with Gasteiger partial charge in [-0.2, -0.15) is 21.6 Å². The van der Waals surface area contributed by atoms with Crippen LogP contribution in [0, 0.1) is 0 Å². The van der Waals surface area contributed by atoms with Gasteiger partial charge in [0.15, 0.2) is 0 Å². The second kappa shape index (κ2) is 7.94. The molecule has 27 heavy (non-hydrogen) atoms. The highest BCUT2D eigenvalue weighted by atomic mass is 32.2. The van der Waals surface area contributed by atoms with Crippen molar-refractivity contribution in [2.24, 2.45) is 0 Å². The molecule has 1 fully saturated rings. The molecule has 12 heteroatoms. The molecule has 1 N–H and O–H groups in total. The number of alkyl halides is 3. The fraction of sp³-hybridized carbons (Fsp3) is 0.600. The maximum Gasteiger partial charge on any atom is 0.534 e. The third kappa shape index (κ3) is 5.33. The molecule has 1 aromatic carbocycles. The van der Waals surface area contributed by atoms with Gasteiger partial charge in [-0.15, -0.1) is 0 Å². The van der Waals surface area contributed by atoms with Crippen LogP contribution >= 0.6 is 0 Å². The summed E-state index contributed by atoms with van der Waals surface area (Å²) in [7, 11) is -9.29. The molecule has 0 aliphatic carbocycles. The maximum atomic E-state index is 12.4. The van der Waals surface area contributed by atoms with Crippen molar-refractivity contribution in [3.8, 4) is 5.75 Å². The number of hydrogen-bond acceptors (Lipinski definition) is 6. The zero-order valence-corrected chi connectivity index (χ0v) is 16.2. The molecule has 0 spiro atoms. The van der Waals surface area contributed by atoms with Crippen LogP contribution in [0.3, 0.4) is 0 Å². The van der Waals surface area contributed by atoms with Crippen molar-refractivity contribution >= 4 is 20.1 Å². The average molecular weight is 431 g/mol. The van der Waals surface area contributed by atoms with Gasteiger partial charge in [-0.1, -0.05) is 12.1 Å². The standard InChI is InChI=1S/C15H20F3NO6S2/c1-10(2)26(20,21)19-14-9-24-8-7-13(14)11-3-5-12(6-4-11)25-27(22,23)15(16,17)18/h3-6,10,13-14,19H,7-9H2,1-2H3/t13-,14+/m0/s1. The van der Waals surface area contributed by atoms with Gasteiger partial charge in [0.05, 0.1) is 17.9 Å². The SMILES string of the molecule is CC(C)S(=O)(=O)N[C@@H]1COCC[C@H]1c1ccc(OS(=O)(=O)C(F)(F)F)cc1. The molecule has 2 atom stereocenters. The van der Waals surface area contributed by atoms with Crippen LogP contribution in [-0.4, -0.2) is 46.8 Å². The lowest BCUT2D eigenvalue weighted by atomic mass is 9.88. The number of nitrogens with one attached hydrogen (secondary N) is 1. The highest BCUT2D eigenvalue weighted by molar-refractivity contribution is 7.90. The second-order valence-corrected chi connectivity index (χ2v) is 10.1. The summed E-state index contributed by atoms with van der Waals surface area (Å²) in [6.07, 6.45) is 0.492. The van der Waals surface area contributed by atoms with Crippen molar-refractivity contribution in [2.45, 2.75) is 43.0 Å². The van der Waals surface area contributed by atoms with E-state index in [1.54, 1.807) is 0 Å². The Morgan fingerprint density at radius 3 is 2.26 bits per heavy atom. The number of rotatable bonds is 6. The Morgan fingerprint density at radius 2 is 1.74 bits per heavy atom. The molecule has 0 bridgehead atoms. The summed E-state index contributed by atoms with van der Waals surface area (Å²) >= 11 is 0. The molecule has 0 saturated carbocycles. The summed E-state index contributed by atoms with van der Waals surface area (Å²) in [5.74, 6) is -0.761. The molecule has 1 aliphatic rings. The van der Waals surface area contributed by atoms with Crippen molar-refractivity contribution in [1.29, 1.82) is 0 Å². The zero-order valence-electron chi connectivity index (χ0n) is 14.6. The summed E-state index contributed by atoms with van der Waals surface area (Å²) in [5, 5.41) is -0.636. The van der Waals surface area contributed by atoms with Gasteiger partial charge in [0, 0.05) is 12.5 Å². The zero-order chi connectivity index (χ0) is 20.5. The molecule has 0 aromatic heterocycles. The molecule has 0 amide bonds. The van der Waals surface area contributed by atoms with Gasteiger partial charge in [0.25, 0.3) is 0 Å². The van der Waals surface area contributed by atoms with Crippen LogP contribution in [0.25, 0.3) is 0 Å². The van der Waals surface area contributed by atoms with E-state index in [0.29, 0.717) is 18.6 Å². The number of ether oxygens (including phenoxy) is 1. The number of sulfonamides is 1. The Balaban J connectivity index is 2.19. The lowest BCUT2D eigenvalue weighted by Crippen LogP contribution is -2.47. The first-order valence-electron chi connectivity index (χ1n) is 8.03. The van der Waals surface area contributed by atoms with Crippen molar-refractivity contribution < 1.29 is 38.9 Å². The van der Waals surface area contributed by atoms with E-state index >= 15 is 0 Å². The van der Waals surface area contributed by atoms with E-state index in [1.165, 1.54) is 26.0 Å². The first kappa shape index (κ1) is 21.9. The quantitative estimate of drug-likeness (QED) is 0.547. The van der Waals surface area contributed by atoms with Crippen molar-refractivity contribution in [3.63, 3.8) is 0 Å². The van der Waals surface area contributed by atoms with Crippen molar-refractivity contribution in [2.75, 3.05) is 13.2 Å². The van der Waals surface area contributed by atoms with Crippen LogP contribution in [0.2, 0.25) is 0 Å². The Hall–Kier alpha value is -1.37. The monoisotopic (exact) mass is 431 g/mol. The minimum Gasteiger partial charge on any atom is -0.380 e. The van der Waals surface area contributed by atoms with Crippen LogP contribution in [0.1, 0.15) is 31.7 Å². The molecule has 1 aliphatic heterocycles. The van der Waals surface area contributed by atoms with Crippen molar-refractivity contribution in [1.82, 2.24) is 4.72 Å². The molecule has 7 nitrogen and oxygen atoms in total. The minimum absolute atomic E-state index is 0.150. The topological polar surface area (TPSA) is 98.8 Å². The fourth-order valence-electron chi connectivity index (χ4n) is 2.54. The van der Waals surface area contributed by atoms with Crippen LogP contribution in [0.4, 0.5) is 13.2 Å². The minimum atomic E-state index is -5.74. The van der Waals surface area contributed by atoms with Gasteiger partial charge in [-0.05, 0) is 38.0 Å². The Morgan fingerprint density at radius 1 is 1.15 bits per heavy atom. The van der Waals surface area contributed by atoms with Crippen LogP contribution in [0.5, 0.6) is 5.75 Å². The molecule has 1 saturated heterocycles. The molecule has 2 rings (SSSR count). The molecular weight excluding hydrogens is 411 g/mol. The molecular formula is C15H20F3NO6S2. The number of benzene rings is 1. The Bertz CT molecular complexity index is 851. The second-order valence-electron chi connectivity index (χ2n) is 6.34. The largest absolute Gasteiger partial charge is 0.534 e. The van der Waals surface area contributed by atoms with E-state index in [4.69, 9.17) is 4.74 Å². The van der Waals surface area contributed by atoms with Gasteiger partial charge in [-0.3, -0.25) is 0 Å². The van der Waals surface area contributed by atoms with E-state index in [0.717, 1.165) is 12.1 Å². The summed E-state index contributed by atoms with van der Waals surface area (Å²) in [4.78, 5) is 0. The summed E-state index contributed by atoms with van der Waals surface area (Å²) < 4.78 is 95.4. The highest BCUT2D eigenvalue weighted by Crippen LogP contribution is 2.31. The average Bonchev–Trinajstić information content (AvgIpc) is 2.54. The summed E-state index contributed by atoms with van der Waals surface area (Å²) in [6.45, 7) is 3.62. The smallest absolute Gasteiger partial charge is 0.380 e. The maximum absolute atomic E-state index is 12.4. The highest BCUT2D eigenvalue weighted by Gasteiger charge is 2.48. The summed E-state index contributed by atoms with van der Waals surface area (Å²) in [6, 6.07) is 4.48. The third-order valence-electron chi connectivity index (χ3n) is 4.09. The Labute approximate surface area is 156 Å². The number of halogens is 3. The third-order valence-corrected chi connectivity index (χ3v) is 6.94.